The molecule has 0 saturated heterocycles. The fourth-order valence-corrected chi connectivity index (χ4v) is 2.17. The molecular formula is C18H26O. The van der Waals surface area contributed by atoms with E-state index < -0.39 is 0 Å². The second-order valence-electron chi connectivity index (χ2n) is 5.42. The zero-order valence-electron chi connectivity index (χ0n) is 12.7. The van der Waals surface area contributed by atoms with E-state index in [1.807, 2.05) is 25.2 Å². The lowest BCUT2D eigenvalue weighted by Crippen LogP contribution is -2.04. The van der Waals surface area contributed by atoms with Gasteiger partial charge in [-0.25, -0.2) is 0 Å². The highest BCUT2D eigenvalue weighted by Gasteiger charge is 2.10. The molecule has 0 N–H and O–H groups in total. The molecule has 0 aliphatic heterocycles. The summed E-state index contributed by atoms with van der Waals surface area (Å²) in [6, 6.07) is 0. The van der Waals surface area contributed by atoms with Crippen LogP contribution in [0.3, 0.4) is 0 Å². The molecule has 1 heteroatoms. The molecule has 0 aromatic heterocycles. The number of hydrogen-bond donors (Lipinski definition) is 0. The Morgan fingerprint density at radius 1 is 1.32 bits per heavy atom. The van der Waals surface area contributed by atoms with Crippen molar-refractivity contribution in [2.24, 2.45) is 5.92 Å². The number of Topliss-reactive ketones (excluding diaryl/α,β-unsaturated/α-hetero) is 1. The Balaban J connectivity index is 2.71. The van der Waals surface area contributed by atoms with Crippen LogP contribution in [0.2, 0.25) is 0 Å². The van der Waals surface area contributed by atoms with Crippen molar-refractivity contribution in [3.05, 3.63) is 47.1 Å². The molecule has 0 amide bonds. The van der Waals surface area contributed by atoms with Crippen LogP contribution >= 0.6 is 0 Å². The van der Waals surface area contributed by atoms with E-state index in [2.05, 4.69) is 32.9 Å². The number of allylic oxidation sites excluding steroid dienone is 8. The largest absolute Gasteiger partial charge is 0.289 e. The zero-order valence-corrected chi connectivity index (χ0v) is 12.7. The van der Waals surface area contributed by atoms with Crippen LogP contribution in [0.25, 0.3) is 0 Å². The van der Waals surface area contributed by atoms with Crippen LogP contribution in [0.4, 0.5) is 0 Å². The lowest BCUT2D eigenvalue weighted by atomic mass is 9.95. The Kier molecular flexibility index (Phi) is 6.55. The zero-order chi connectivity index (χ0) is 14.3. The van der Waals surface area contributed by atoms with E-state index in [-0.39, 0.29) is 5.78 Å². The van der Waals surface area contributed by atoms with Gasteiger partial charge in [0.2, 0.25) is 0 Å². The molecule has 1 unspecified atom stereocenters. The van der Waals surface area contributed by atoms with Gasteiger partial charge in [-0.15, -0.1) is 0 Å². The van der Waals surface area contributed by atoms with E-state index in [1.54, 1.807) is 0 Å². The van der Waals surface area contributed by atoms with Gasteiger partial charge in [0, 0.05) is 5.57 Å². The molecule has 0 saturated carbocycles. The first-order chi connectivity index (χ1) is 9.06. The highest BCUT2D eigenvalue weighted by atomic mass is 16.1. The lowest BCUT2D eigenvalue weighted by molar-refractivity contribution is -0.111. The first-order valence-electron chi connectivity index (χ1n) is 7.32. The summed E-state index contributed by atoms with van der Waals surface area (Å²) in [6.07, 6.45) is 14.6. The molecule has 19 heavy (non-hydrogen) atoms. The number of hydrogen-bond acceptors (Lipinski definition) is 1. The van der Waals surface area contributed by atoms with Gasteiger partial charge in [0.05, 0.1) is 0 Å². The van der Waals surface area contributed by atoms with Gasteiger partial charge in [-0.05, 0) is 44.6 Å². The first-order valence-corrected chi connectivity index (χ1v) is 7.32. The third-order valence-corrected chi connectivity index (χ3v) is 3.71. The minimum Gasteiger partial charge on any atom is -0.289 e. The second-order valence-corrected chi connectivity index (χ2v) is 5.42. The molecule has 0 bridgehead atoms. The van der Waals surface area contributed by atoms with E-state index in [4.69, 9.17) is 0 Å². The summed E-state index contributed by atoms with van der Waals surface area (Å²) in [5.41, 5.74) is 3.01. The first kappa shape index (κ1) is 15.7. The highest BCUT2D eigenvalue weighted by Crippen LogP contribution is 2.18. The molecule has 0 spiro atoms. The average Bonchev–Trinajstić information content (AvgIpc) is 2.44. The minimum atomic E-state index is 0.156. The molecular weight excluding hydrogens is 232 g/mol. The normalized spacial score (nSPS) is 18.2. The van der Waals surface area contributed by atoms with E-state index in [1.165, 1.54) is 18.4 Å². The van der Waals surface area contributed by atoms with Gasteiger partial charge in [0.15, 0.2) is 5.78 Å². The number of ketones is 1. The Labute approximate surface area is 117 Å². The number of rotatable bonds is 6. The van der Waals surface area contributed by atoms with Crippen LogP contribution in [0.15, 0.2) is 47.1 Å². The minimum absolute atomic E-state index is 0.156. The van der Waals surface area contributed by atoms with Crippen LogP contribution < -0.4 is 0 Å². The van der Waals surface area contributed by atoms with Crippen LogP contribution in [-0.2, 0) is 4.79 Å². The maximum absolute atomic E-state index is 12.2. The highest BCUT2D eigenvalue weighted by molar-refractivity contribution is 6.09. The molecule has 0 aromatic rings. The second kappa shape index (κ2) is 7.93. The van der Waals surface area contributed by atoms with E-state index in [0.717, 1.165) is 24.0 Å². The molecule has 104 valence electrons. The number of carbonyl (C=O) groups is 1. The van der Waals surface area contributed by atoms with E-state index >= 15 is 0 Å². The van der Waals surface area contributed by atoms with Gasteiger partial charge in [-0.2, -0.15) is 0 Å². The molecule has 1 atom stereocenters. The predicted molar refractivity (Wildman–Crippen MR) is 83.1 cm³/mol. The topological polar surface area (TPSA) is 17.1 Å². The molecule has 0 fully saturated rings. The molecule has 1 aliphatic carbocycles. The summed E-state index contributed by atoms with van der Waals surface area (Å²) in [7, 11) is 0. The summed E-state index contributed by atoms with van der Waals surface area (Å²) < 4.78 is 0. The third-order valence-electron chi connectivity index (χ3n) is 3.71. The van der Waals surface area contributed by atoms with Gasteiger partial charge >= 0.3 is 0 Å². The maximum Gasteiger partial charge on any atom is 0.188 e. The molecule has 1 nitrogen and oxygen atoms in total. The summed E-state index contributed by atoms with van der Waals surface area (Å²) in [5, 5.41) is 0. The summed E-state index contributed by atoms with van der Waals surface area (Å²) in [6.45, 7) is 8.50. The summed E-state index contributed by atoms with van der Waals surface area (Å²) >= 11 is 0. The monoisotopic (exact) mass is 258 g/mol. The third kappa shape index (κ3) is 5.02. The van der Waals surface area contributed by atoms with Crippen LogP contribution in [0.1, 0.15) is 53.4 Å². The Morgan fingerprint density at radius 3 is 2.63 bits per heavy atom. The SMILES string of the molecule is CCCC(C)/C(C)=C/C=C(\C)C(=O)C1=CCCC=C1. The lowest BCUT2D eigenvalue weighted by Gasteiger charge is -2.10. The fourth-order valence-electron chi connectivity index (χ4n) is 2.17. The Hall–Kier alpha value is -1.37. The van der Waals surface area contributed by atoms with Crippen LogP contribution in [0.5, 0.6) is 0 Å². The van der Waals surface area contributed by atoms with Gasteiger partial charge < -0.3 is 0 Å². The van der Waals surface area contributed by atoms with Crippen molar-refractivity contribution in [3.8, 4) is 0 Å². The molecule has 0 radical (unpaired) electrons. The van der Waals surface area contributed by atoms with Crippen molar-refractivity contribution >= 4 is 5.78 Å². The molecule has 0 aromatic carbocycles. The summed E-state index contributed by atoms with van der Waals surface area (Å²) in [4.78, 5) is 12.2. The van der Waals surface area contributed by atoms with Crippen molar-refractivity contribution in [3.63, 3.8) is 0 Å². The predicted octanol–water partition coefficient (Wildman–Crippen LogP) is 5.16. The number of carbonyl (C=O) groups excluding carboxylic acids is 1. The molecule has 1 aliphatic rings. The van der Waals surface area contributed by atoms with Crippen molar-refractivity contribution in [2.75, 3.05) is 0 Å². The molecule has 1 rings (SSSR count). The van der Waals surface area contributed by atoms with Crippen molar-refractivity contribution in [1.29, 1.82) is 0 Å². The average molecular weight is 258 g/mol. The van der Waals surface area contributed by atoms with Gasteiger partial charge in [0.25, 0.3) is 0 Å². The Morgan fingerprint density at radius 2 is 2.05 bits per heavy atom. The van der Waals surface area contributed by atoms with Crippen molar-refractivity contribution in [1.82, 2.24) is 0 Å². The van der Waals surface area contributed by atoms with E-state index in [0.29, 0.717) is 5.92 Å². The van der Waals surface area contributed by atoms with Crippen molar-refractivity contribution in [2.45, 2.75) is 53.4 Å². The quantitative estimate of drug-likeness (QED) is 0.475. The van der Waals surface area contributed by atoms with Gasteiger partial charge in [-0.3, -0.25) is 4.79 Å². The standard InChI is InChI=1S/C18H26O/c1-5-9-14(2)15(3)12-13-16(4)18(19)17-10-7-6-8-11-17/h7,10-14H,5-6,8-9H2,1-4H3/b15-12+,16-13+. The Bertz CT molecular complexity index is 433. The smallest absolute Gasteiger partial charge is 0.188 e. The maximum atomic E-state index is 12.2. The summed E-state index contributed by atoms with van der Waals surface area (Å²) in [5.74, 6) is 0.751. The van der Waals surface area contributed by atoms with Crippen molar-refractivity contribution < 1.29 is 4.79 Å². The fraction of sp³-hybridized carbons (Fsp3) is 0.500. The van der Waals surface area contributed by atoms with Crippen LogP contribution in [-0.4, -0.2) is 5.78 Å². The van der Waals surface area contributed by atoms with Gasteiger partial charge in [-0.1, -0.05) is 56.2 Å². The van der Waals surface area contributed by atoms with E-state index in [9.17, 15) is 4.79 Å². The van der Waals surface area contributed by atoms with Crippen LogP contribution in [0, 0.1) is 5.92 Å². The van der Waals surface area contributed by atoms with Gasteiger partial charge in [0.1, 0.15) is 0 Å². The molecule has 0 heterocycles.